The van der Waals surface area contributed by atoms with Crippen molar-refractivity contribution in [2.75, 3.05) is 18.5 Å². The van der Waals surface area contributed by atoms with Crippen molar-refractivity contribution in [1.82, 2.24) is 10.2 Å². The maximum Gasteiger partial charge on any atom is 0.248 e. The lowest BCUT2D eigenvalue weighted by molar-refractivity contribution is -0.142. The van der Waals surface area contributed by atoms with Gasteiger partial charge in [-0.3, -0.25) is 14.4 Å². The lowest BCUT2D eigenvalue weighted by Crippen LogP contribution is -2.57. The van der Waals surface area contributed by atoms with Crippen LogP contribution >= 0.6 is 11.8 Å². The molecule has 3 N–H and O–H groups in total. The van der Waals surface area contributed by atoms with E-state index < -0.39 is 28.7 Å². The van der Waals surface area contributed by atoms with E-state index in [0.29, 0.717) is 18.7 Å². The lowest BCUT2D eigenvalue weighted by Gasteiger charge is -2.40. The van der Waals surface area contributed by atoms with Crippen LogP contribution in [0.2, 0.25) is 0 Å². The summed E-state index contributed by atoms with van der Waals surface area (Å²) >= 11 is 1.66. The topological polar surface area (TPSA) is 98.7 Å². The quantitative estimate of drug-likeness (QED) is 0.507. The highest BCUT2D eigenvalue weighted by atomic mass is 32.2. The smallest absolute Gasteiger partial charge is 0.248 e. The van der Waals surface area contributed by atoms with Crippen molar-refractivity contribution >= 4 is 45.9 Å². The number of anilines is 1. The van der Waals surface area contributed by atoms with Gasteiger partial charge in [0.05, 0.1) is 29.2 Å². The van der Waals surface area contributed by atoms with Gasteiger partial charge in [0.2, 0.25) is 17.7 Å². The van der Waals surface area contributed by atoms with Crippen molar-refractivity contribution in [2.45, 2.75) is 62.1 Å². The van der Waals surface area contributed by atoms with Crippen LogP contribution in [0.15, 0.2) is 42.5 Å². The van der Waals surface area contributed by atoms with E-state index in [0.717, 1.165) is 23.6 Å². The van der Waals surface area contributed by atoms with Crippen molar-refractivity contribution in [3.05, 3.63) is 42.5 Å². The van der Waals surface area contributed by atoms with Crippen molar-refractivity contribution in [3.63, 3.8) is 0 Å². The van der Waals surface area contributed by atoms with Gasteiger partial charge in [0.1, 0.15) is 6.04 Å². The Hall–Kier alpha value is -2.58. The summed E-state index contributed by atoms with van der Waals surface area (Å²) in [5, 5.41) is 18.4. The predicted molar refractivity (Wildman–Crippen MR) is 143 cm³/mol. The fourth-order valence-electron chi connectivity index (χ4n) is 6.71. The first-order chi connectivity index (χ1) is 17.4. The highest BCUT2D eigenvalue weighted by Gasteiger charge is 2.76. The molecule has 5 rings (SSSR count). The number of benzene rings is 2. The zero-order chi connectivity index (χ0) is 25.6. The third-order valence-corrected chi connectivity index (χ3v) is 10.5. The highest BCUT2D eigenvalue weighted by molar-refractivity contribution is 8.02. The monoisotopic (exact) mass is 509 g/mol. The zero-order valence-corrected chi connectivity index (χ0v) is 21.9. The van der Waals surface area contributed by atoms with Crippen molar-refractivity contribution in [2.24, 2.45) is 17.8 Å². The third kappa shape index (κ3) is 3.72. The third-order valence-electron chi connectivity index (χ3n) is 8.38. The molecule has 7 nitrogen and oxygen atoms in total. The normalized spacial score (nSPS) is 31.5. The van der Waals surface area contributed by atoms with Crippen molar-refractivity contribution in [3.8, 4) is 0 Å². The van der Waals surface area contributed by atoms with E-state index in [1.807, 2.05) is 56.3 Å². The Morgan fingerprint density at radius 3 is 2.61 bits per heavy atom. The summed E-state index contributed by atoms with van der Waals surface area (Å²) in [6.07, 6.45) is 2.14. The molecule has 3 saturated heterocycles. The van der Waals surface area contributed by atoms with Crippen LogP contribution in [0.4, 0.5) is 5.69 Å². The summed E-state index contributed by atoms with van der Waals surface area (Å²) < 4.78 is -0.695. The average molecular weight is 510 g/mol. The fraction of sp³-hybridized carbons (Fsp3) is 0.536. The van der Waals surface area contributed by atoms with Crippen LogP contribution in [0.5, 0.6) is 0 Å². The Morgan fingerprint density at radius 2 is 1.92 bits per heavy atom. The van der Waals surface area contributed by atoms with E-state index >= 15 is 0 Å². The van der Waals surface area contributed by atoms with Gasteiger partial charge in [0, 0.05) is 17.5 Å². The largest absolute Gasteiger partial charge is 0.394 e. The van der Waals surface area contributed by atoms with Crippen LogP contribution in [-0.4, -0.2) is 63.0 Å². The minimum atomic E-state index is -0.757. The summed E-state index contributed by atoms with van der Waals surface area (Å²) in [4.78, 5) is 43.0. The lowest BCUT2D eigenvalue weighted by atomic mass is 9.66. The van der Waals surface area contributed by atoms with Gasteiger partial charge in [-0.15, -0.1) is 11.8 Å². The van der Waals surface area contributed by atoms with Gasteiger partial charge in [-0.05, 0) is 48.1 Å². The Bertz CT molecular complexity index is 1180. The van der Waals surface area contributed by atoms with Gasteiger partial charge < -0.3 is 20.6 Å². The Balaban J connectivity index is 1.53. The molecule has 8 heteroatoms. The second-order valence-corrected chi connectivity index (χ2v) is 11.9. The van der Waals surface area contributed by atoms with Gasteiger partial charge in [0.15, 0.2) is 0 Å². The molecule has 0 aliphatic carbocycles. The number of aliphatic hydroxyl groups is 1. The van der Waals surface area contributed by atoms with Gasteiger partial charge in [0.25, 0.3) is 0 Å². The molecule has 0 saturated carbocycles. The number of nitrogens with one attached hydrogen (secondary N) is 2. The first kappa shape index (κ1) is 25.1. The molecular weight excluding hydrogens is 474 g/mol. The summed E-state index contributed by atoms with van der Waals surface area (Å²) in [6, 6.07) is 12.5. The number of carbonyl (C=O) groups excluding carboxylic acids is 3. The van der Waals surface area contributed by atoms with Crippen LogP contribution in [0.25, 0.3) is 10.8 Å². The molecule has 3 amide bonds. The number of carbonyl (C=O) groups is 3. The summed E-state index contributed by atoms with van der Waals surface area (Å²) in [7, 11) is 0. The number of hydrogen-bond acceptors (Lipinski definition) is 5. The van der Waals surface area contributed by atoms with Crippen LogP contribution in [0.1, 0.15) is 40.0 Å². The van der Waals surface area contributed by atoms with Gasteiger partial charge in [-0.1, -0.05) is 51.1 Å². The van der Waals surface area contributed by atoms with E-state index in [4.69, 9.17) is 0 Å². The SMILES string of the molecule is CCCNC(=O)[C@@H]1[C@H]2C(=O)N([C@@H](CC)CO)C(C(=O)Nc3ccc4ccccc4c3)C23S[C@@H]1CC3C. The number of hydrogen-bond donors (Lipinski definition) is 3. The molecule has 3 heterocycles. The van der Waals surface area contributed by atoms with Crippen LogP contribution in [0, 0.1) is 17.8 Å². The maximum atomic E-state index is 14.1. The fourth-order valence-corrected chi connectivity index (χ4v) is 9.12. The molecule has 36 heavy (non-hydrogen) atoms. The number of thioether (sulfide) groups is 1. The first-order valence-corrected chi connectivity index (χ1v) is 13.9. The molecule has 0 radical (unpaired) electrons. The van der Waals surface area contributed by atoms with Crippen LogP contribution < -0.4 is 10.6 Å². The minimum Gasteiger partial charge on any atom is -0.394 e. The Kier molecular flexibility index (Phi) is 6.76. The van der Waals surface area contributed by atoms with Gasteiger partial charge in [-0.2, -0.15) is 0 Å². The molecule has 0 aromatic heterocycles. The number of aliphatic hydroxyl groups excluding tert-OH is 1. The van der Waals surface area contributed by atoms with E-state index in [2.05, 4.69) is 17.6 Å². The number of nitrogens with zero attached hydrogens (tertiary/aromatic N) is 1. The number of fused-ring (bicyclic) bond motifs is 2. The Labute approximate surface area is 216 Å². The van der Waals surface area contributed by atoms with Crippen LogP contribution in [0.3, 0.4) is 0 Å². The van der Waals surface area contributed by atoms with Gasteiger partial charge in [-0.25, -0.2) is 0 Å². The summed E-state index contributed by atoms with van der Waals surface area (Å²) in [6.45, 7) is 6.37. The molecule has 3 aliphatic heterocycles. The number of rotatable bonds is 8. The average Bonchev–Trinajstić information content (AvgIpc) is 3.47. The molecule has 2 bridgehead atoms. The standard InChI is InChI=1S/C28H35N3O4S/c1-4-12-29-25(33)22-21-13-16(3)28(36-21)23(22)27(35)31(20(5-2)15-32)24(28)26(34)30-19-11-10-17-8-6-7-9-18(17)14-19/h6-11,14,16,20-24,32H,4-5,12-13,15H2,1-3H3,(H,29,33)(H,30,34)/t16?,20-,21+,22-,23-,24?,28?/m0/s1. The second-order valence-electron chi connectivity index (χ2n) is 10.4. The zero-order valence-electron chi connectivity index (χ0n) is 21.1. The summed E-state index contributed by atoms with van der Waals surface area (Å²) in [5.41, 5.74) is 0.672. The van der Waals surface area contributed by atoms with E-state index in [1.165, 1.54) is 0 Å². The minimum absolute atomic E-state index is 0.0122. The molecule has 192 valence electrons. The molecule has 1 spiro atoms. The van der Waals surface area contributed by atoms with E-state index in [9.17, 15) is 19.5 Å². The van der Waals surface area contributed by atoms with Crippen molar-refractivity contribution < 1.29 is 19.5 Å². The van der Waals surface area contributed by atoms with Gasteiger partial charge >= 0.3 is 0 Å². The molecular formula is C28H35N3O4S. The molecule has 3 fully saturated rings. The first-order valence-electron chi connectivity index (χ1n) is 13.1. The molecule has 3 aliphatic rings. The second kappa shape index (κ2) is 9.71. The number of amides is 3. The predicted octanol–water partition coefficient (Wildman–Crippen LogP) is 3.41. The molecule has 3 unspecified atom stereocenters. The Morgan fingerprint density at radius 1 is 1.17 bits per heavy atom. The highest BCUT2D eigenvalue weighted by Crippen LogP contribution is 2.68. The summed E-state index contributed by atoms with van der Waals surface area (Å²) in [5.74, 6) is -1.45. The molecule has 2 aromatic rings. The number of likely N-dealkylation sites (tertiary alicyclic amines) is 1. The molecule has 7 atom stereocenters. The van der Waals surface area contributed by atoms with Crippen LogP contribution in [-0.2, 0) is 14.4 Å². The molecule has 2 aromatic carbocycles. The van der Waals surface area contributed by atoms with E-state index in [-0.39, 0.29) is 35.5 Å². The maximum absolute atomic E-state index is 14.1. The van der Waals surface area contributed by atoms with Crippen molar-refractivity contribution in [1.29, 1.82) is 0 Å². The van der Waals surface area contributed by atoms with E-state index in [1.54, 1.807) is 16.7 Å².